The van der Waals surface area contributed by atoms with Gasteiger partial charge in [-0.2, -0.15) is 0 Å². The van der Waals surface area contributed by atoms with Crippen LogP contribution >= 0.6 is 0 Å². The highest BCUT2D eigenvalue weighted by molar-refractivity contribution is 5.36. The van der Waals surface area contributed by atoms with Crippen molar-refractivity contribution >= 4 is 0 Å². The summed E-state index contributed by atoms with van der Waals surface area (Å²) in [5.41, 5.74) is 2.74. The molecule has 2 heteroatoms. The molecule has 0 spiro atoms. The largest absolute Gasteiger partial charge is 0.492 e. The zero-order valence-corrected chi connectivity index (χ0v) is 11.8. The van der Waals surface area contributed by atoms with Crippen LogP contribution in [-0.4, -0.2) is 19.7 Å². The lowest BCUT2D eigenvalue weighted by molar-refractivity contribution is 0.312. The van der Waals surface area contributed by atoms with Crippen molar-refractivity contribution in [3.8, 4) is 5.75 Å². The SMILES string of the molecule is Cc1ccc(OCCNCC2CC2)cc1C(C)C. The molecule has 0 heterocycles. The third-order valence-electron chi connectivity index (χ3n) is 3.55. The number of ether oxygens (including phenoxy) is 1. The van der Waals surface area contributed by atoms with E-state index < -0.39 is 0 Å². The molecular weight excluding hydrogens is 222 g/mol. The highest BCUT2D eigenvalue weighted by Crippen LogP contribution is 2.27. The maximum atomic E-state index is 5.79. The van der Waals surface area contributed by atoms with E-state index in [1.165, 1.54) is 24.0 Å². The van der Waals surface area contributed by atoms with Crippen LogP contribution in [0.5, 0.6) is 5.75 Å². The molecule has 0 saturated heterocycles. The number of benzene rings is 1. The molecule has 1 aromatic carbocycles. The van der Waals surface area contributed by atoms with Crippen LogP contribution < -0.4 is 10.1 Å². The number of aryl methyl sites for hydroxylation is 1. The van der Waals surface area contributed by atoms with Crippen molar-refractivity contribution in [2.75, 3.05) is 19.7 Å². The van der Waals surface area contributed by atoms with E-state index in [-0.39, 0.29) is 0 Å². The first kappa shape index (κ1) is 13.4. The minimum absolute atomic E-state index is 0.557. The monoisotopic (exact) mass is 247 g/mol. The second kappa shape index (κ2) is 6.24. The summed E-state index contributed by atoms with van der Waals surface area (Å²) < 4.78 is 5.79. The molecule has 1 N–H and O–H groups in total. The fourth-order valence-corrected chi connectivity index (χ4v) is 2.20. The molecule has 1 aliphatic carbocycles. The number of hydrogen-bond donors (Lipinski definition) is 1. The summed E-state index contributed by atoms with van der Waals surface area (Å²) in [6.45, 7) is 9.48. The Bertz CT molecular complexity index is 383. The van der Waals surface area contributed by atoms with E-state index in [0.717, 1.165) is 31.4 Å². The van der Waals surface area contributed by atoms with E-state index in [1.54, 1.807) is 0 Å². The number of hydrogen-bond acceptors (Lipinski definition) is 2. The lowest BCUT2D eigenvalue weighted by Gasteiger charge is -2.13. The van der Waals surface area contributed by atoms with Crippen LogP contribution in [0, 0.1) is 12.8 Å². The van der Waals surface area contributed by atoms with E-state index in [9.17, 15) is 0 Å². The van der Waals surface area contributed by atoms with Crippen LogP contribution in [0.1, 0.15) is 43.7 Å². The normalized spacial score (nSPS) is 15.1. The van der Waals surface area contributed by atoms with Crippen molar-refractivity contribution < 1.29 is 4.74 Å². The lowest BCUT2D eigenvalue weighted by Crippen LogP contribution is -2.23. The van der Waals surface area contributed by atoms with Crippen LogP contribution in [-0.2, 0) is 0 Å². The van der Waals surface area contributed by atoms with E-state index >= 15 is 0 Å². The molecule has 0 amide bonds. The molecule has 0 atom stereocenters. The van der Waals surface area contributed by atoms with E-state index in [2.05, 4.69) is 44.3 Å². The van der Waals surface area contributed by atoms with Crippen molar-refractivity contribution in [3.05, 3.63) is 29.3 Å². The summed E-state index contributed by atoms with van der Waals surface area (Å²) >= 11 is 0. The standard InChI is InChI=1S/C16H25NO/c1-12(2)16-10-15(7-4-13(16)3)18-9-8-17-11-14-5-6-14/h4,7,10,12,14,17H,5-6,8-9,11H2,1-3H3. The lowest BCUT2D eigenvalue weighted by atomic mass is 9.98. The Hall–Kier alpha value is -1.02. The van der Waals surface area contributed by atoms with Crippen molar-refractivity contribution in [1.29, 1.82) is 0 Å². The Kier molecular flexibility index (Phi) is 4.65. The maximum Gasteiger partial charge on any atom is 0.119 e. The smallest absolute Gasteiger partial charge is 0.119 e. The molecule has 1 fully saturated rings. The average Bonchev–Trinajstić information content (AvgIpc) is 3.14. The van der Waals surface area contributed by atoms with Gasteiger partial charge in [-0.1, -0.05) is 19.9 Å². The van der Waals surface area contributed by atoms with Crippen LogP contribution in [0.4, 0.5) is 0 Å². The van der Waals surface area contributed by atoms with E-state index in [0.29, 0.717) is 5.92 Å². The number of nitrogens with one attached hydrogen (secondary N) is 1. The molecule has 1 aromatic rings. The van der Waals surface area contributed by atoms with Crippen molar-refractivity contribution in [2.45, 2.75) is 39.5 Å². The van der Waals surface area contributed by atoms with Crippen molar-refractivity contribution in [2.24, 2.45) is 5.92 Å². The molecule has 0 aliphatic heterocycles. The summed E-state index contributed by atoms with van der Waals surface area (Å²) in [5, 5.41) is 3.44. The van der Waals surface area contributed by atoms with Crippen molar-refractivity contribution in [1.82, 2.24) is 5.32 Å². The Labute approximate surface area is 111 Å². The van der Waals surface area contributed by atoms with Gasteiger partial charge < -0.3 is 10.1 Å². The Balaban J connectivity index is 1.75. The molecule has 100 valence electrons. The molecule has 0 bridgehead atoms. The molecule has 0 aromatic heterocycles. The highest BCUT2D eigenvalue weighted by atomic mass is 16.5. The zero-order valence-electron chi connectivity index (χ0n) is 11.8. The first-order valence-corrected chi connectivity index (χ1v) is 7.11. The van der Waals surface area contributed by atoms with Gasteiger partial charge in [0.05, 0.1) is 0 Å². The Morgan fingerprint density at radius 2 is 2.11 bits per heavy atom. The van der Waals surface area contributed by atoms with Gasteiger partial charge in [0.15, 0.2) is 0 Å². The topological polar surface area (TPSA) is 21.3 Å². The van der Waals surface area contributed by atoms with Crippen LogP contribution in [0.15, 0.2) is 18.2 Å². The first-order valence-electron chi connectivity index (χ1n) is 7.11. The fraction of sp³-hybridized carbons (Fsp3) is 0.625. The molecule has 1 saturated carbocycles. The fourth-order valence-electron chi connectivity index (χ4n) is 2.20. The summed E-state index contributed by atoms with van der Waals surface area (Å²) in [6, 6.07) is 6.41. The van der Waals surface area contributed by atoms with Gasteiger partial charge in [-0.3, -0.25) is 0 Å². The predicted molar refractivity (Wildman–Crippen MR) is 76.4 cm³/mol. The quantitative estimate of drug-likeness (QED) is 0.745. The van der Waals surface area contributed by atoms with Gasteiger partial charge in [0.25, 0.3) is 0 Å². The summed E-state index contributed by atoms with van der Waals surface area (Å²) in [4.78, 5) is 0. The van der Waals surface area contributed by atoms with Gasteiger partial charge >= 0.3 is 0 Å². The summed E-state index contributed by atoms with van der Waals surface area (Å²) in [7, 11) is 0. The Morgan fingerprint density at radius 3 is 2.78 bits per heavy atom. The molecule has 0 unspecified atom stereocenters. The van der Waals surface area contributed by atoms with Crippen LogP contribution in [0.25, 0.3) is 0 Å². The van der Waals surface area contributed by atoms with Crippen molar-refractivity contribution in [3.63, 3.8) is 0 Å². The van der Waals surface area contributed by atoms with Gasteiger partial charge in [0.1, 0.15) is 12.4 Å². The van der Waals surface area contributed by atoms with E-state index in [1.807, 2.05) is 0 Å². The highest BCUT2D eigenvalue weighted by Gasteiger charge is 2.19. The molecule has 2 rings (SSSR count). The maximum absolute atomic E-state index is 5.79. The first-order chi connectivity index (χ1) is 8.66. The van der Waals surface area contributed by atoms with Gasteiger partial charge in [0, 0.05) is 6.54 Å². The van der Waals surface area contributed by atoms with Gasteiger partial charge in [-0.05, 0) is 61.4 Å². The molecule has 18 heavy (non-hydrogen) atoms. The summed E-state index contributed by atoms with van der Waals surface area (Å²) in [5.74, 6) is 2.50. The Morgan fingerprint density at radius 1 is 1.33 bits per heavy atom. The molecular formula is C16H25NO. The third-order valence-corrected chi connectivity index (χ3v) is 3.55. The van der Waals surface area contributed by atoms with Gasteiger partial charge in [-0.25, -0.2) is 0 Å². The van der Waals surface area contributed by atoms with Crippen LogP contribution in [0.2, 0.25) is 0 Å². The molecule has 1 aliphatic rings. The van der Waals surface area contributed by atoms with E-state index in [4.69, 9.17) is 4.74 Å². The molecule has 0 radical (unpaired) electrons. The second-order valence-corrected chi connectivity index (χ2v) is 5.67. The zero-order chi connectivity index (χ0) is 13.0. The van der Waals surface area contributed by atoms with Gasteiger partial charge in [-0.15, -0.1) is 0 Å². The second-order valence-electron chi connectivity index (χ2n) is 5.67. The predicted octanol–water partition coefficient (Wildman–Crippen LogP) is 3.50. The minimum Gasteiger partial charge on any atom is -0.492 e. The summed E-state index contributed by atoms with van der Waals surface area (Å²) in [6.07, 6.45) is 2.81. The minimum atomic E-state index is 0.557. The third kappa shape index (κ3) is 4.02. The van der Waals surface area contributed by atoms with Crippen LogP contribution in [0.3, 0.4) is 0 Å². The van der Waals surface area contributed by atoms with Gasteiger partial charge in [0.2, 0.25) is 0 Å². The number of rotatable bonds is 7. The average molecular weight is 247 g/mol. The molecule has 2 nitrogen and oxygen atoms in total.